The average molecular weight is 347 g/mol. The van der Waals surface area contributed by atoms with Gasteiger partial charge in [-0.05, 0) is 49.6 Å². The van der Waals surface area contributed by atoms with E-state index >= 15 is 0 Å². The quantitative estimate of drug-likeness (QED) is 0.742. The van der Waals surface area contributed by atoms with E-state index in [9.17, 15) is 4.79 Å². The van der Waals surface area contributed by atoms with Crippen molar-refractivity contribution in [2.75, 3.05) is 0 Å². The molecule has 4 nitrogen and oxygen atoms in total. The number of carbonyl (C=O) groups excluding carboxylic acids is 1. The van der Waals surface area contributed by atoms with Gasteiger partial charge in [-0.15, -0.1) is 0 Å². The Morgan fingerprint density at radius 2 is 1.92 bits per heavy atom. The molecule has 1 aromatic carbocycles. The van der Waals surface area contributed by atoms with Crippen LogP contribution in [-0.2, 0) is 0 Å². The highest BCUT2D eigenvalue weighted by molar-refractivity contribution is 6.07. The van der Waals surface area contributed by atoms with Crippen LogP contribution in [0.3, 0.4) is 0 Å². The number of hydrogen-bond acceptors (Lipinski definition) is 3. The molecule has 26 heavy (non-hydrogen) atoms. The molecule has 0 saturated heterocycles. The number of benzene rings is 1. The minimum Gasteiger partial charge on any atom is -0.349 e. The Kier molecular flexibility index (Phi) is 4.77. The summed E-state index contributed by atoms with van der Waals surface area (Å²) in [4.78, 5) is 22.0. The highest BCUT2D eigenvalue weighted by Gasteiger charge is 2.23. The number of fused-ring (bicyclic) bond motifs is 1. The Balaban J connectivity index is 2.12. The molecular weight excluding hydrogens is 322 g/mol. The van der Waals surface area contributed by atoms with Crippen molar-refractivity contribution >= 4 is 16.8 Å². The molecule has 0 aliphatic carbocycles. The molecule has 0 aliphatic heterocycles. The van der Waals surface area contributed by atoms with Gasteiger partial charge in [-0.25, -0.2) is 4.98 Å². The summed E-state index contributed by atoms with van der Waals surface area (Å²) >= 11 is 0. The maximum Gasteiger partial charge on any atom is 0.252 e. The number of nitrogens with one attached hydrogen (secondary N) is 1. The lowest BCUT2D eigenvalue weighted by atomic mass is 9.88. The number of carbonyl (C=O) groups is 1. The van der Waals surface area contributed by atoms with Crippen LogP contribution < -0.4 is 5.32 Å². The van der Waals surface area contributed by atoms with Crippen molar-refractivity contribution in [3.05, 3.63) is 59.9 Å². The molecule has 4 heteroatoms. The third-order valence-corrected chi connectivity index (χ3v) is 4.81. The third-order valence-electron chi connectivity index (χ3n) is 4.81. The fourth-order valence-electron chi connectivity index (χ4n) is 2.68. The van der Waals surface area contributed by atoms with Gasteiger partial charge >= 0.3 is 0 Å². The molecule has 2 heterocycles. The monoisotopic (exact) mass is 347 g/mol. The first-order chi connectivity index (χ1) is 12.3. The number of aromatic nitrogens is 2. The van der Waals surface area contributed by atoms with Crippen LogP contribution in [0.4, 0.5) is 0 Å². The van der Waals surface area contributed by atoms with E-state index in [0.29, 0.717) is 5.56 Å². The molecule has 0 aliphatic rings. The summed E-state index contributed by atoms with van der Waals surface area (Å²) in [7, 11) is 0. The van der Waals surface area contributed by atoms with E-state index in [1.807, 2.05) is 50.2 Å². The van der Waals surface area contributed by atoms with Crippen LogP contribution in [0.25, 0.3) is 22.2 Å². The van der Waals surface area contributed by atoms with Gasteiger partial charge in [0.25, 0.3) is 5.91 Å². The zero-order chi connectivity index (χ0) is 18.9. The maximum absolute atomic E-state index is 13.1. The van der Waals surface area contributed by atoms with Crippen molar-refractivity contribution in [3.8, 4) is 11.3 Å². The van der Waals surface area contributed by atoms with Gasteiger partial charge in [0.2, 0.25) is 0 Å². The normalized spacial score (nSPS) is 12.8. The standard InChI is InChI=1S/C22H25N3O/c1-14-8-9-19-17(11-14)18(21(26)24-15(2)22(3,4)5)12-20(25-19)16-7-6-10-23-13-16/h6-13,15H,1-5H3,(H,24,26). The van der Waals surface area contributed by atoms with Crippen molar-refractivity contribution < 1.29 is 4.79 Å². The summed E-state index contributed by atoms with van der Waals surface area (Å²) in [6.45, 7) is 10.4. The molecule has 0 fully saturated rings. The Morgan fingerprint density at radius 3 is 2.58 bits per heavy atom. The van der Waals surface area contributed by atoms with E-state index in [-0.39, 0.29) is 17.4 Å². The Morgan fingerprint density at radius 1 is 1.15 bits per heavy atom. The molecule has 134 valence electrons. The topological polar surface area (TPSA) is 54.9 Å². The minimum atomic E-state index is -0.0736. The summed E-state index contributed by atoms with van der Waals surface area (Å²) in [5.74, 6) is -0.0736. The lowest BCUT2D eigenvalue weighted by Gasteiger charge is -2.28. The van der Waals surface area contributed by atoms with Gasteiger partial charge < -0.3 is 5.32 Å². The number of aryl methyl sites for hydroxylation is 1. The van der Waals surface area contributed by atoms with Crippen LogP contribution in [0.15, 0.2) is 48.8 Å². The van der Waals surface area contributed by atoms with Gasteiger partial charge in [0, 0.05) is 29.4 Å². The highest BCUT2D eigenvalue weighted by atomic mass is 16.1. The van der Waals surface area contributed by atoms with E-state index < -0.39 is 0 Å². The van der Waals surface area contributed by atoms with E-state index in [4.69, 9.17) is 4.98 Å². The largest absolute Gasteiger partial charge is 0.349 e. The van der Waals surface area contributed by atoms with Crippen LogP contribution in [-0.4, -0.2) is 21.9 Å². The molecule has 3 aromatic rings. The molecule has 1 N–H and O–H groups in total. The summed E-state index contributed by atoms with van der Waals surface area (Å²) in [6, 6.07) is 11.7. The van der Waals surface area contributed by atoms with Crippen molar-refractivity contribution in [2.45, 2.75) is 40.7 Å². The molecular formula is C22H25N3O. The third kappa shape index (κ3) is 3.74. The van der Waals surface area contributed by atoms with Gasteiger partial charge in [0.05, 0.1) is 16.8 Å². The lowest BCUT2D eigenvalue weighted by molar-refractivity contribution is 0.0912. The van der Waals surface area contributed by atoms with Crippen LogP contribution in [0.2, 0.25) is 0 Å². The molecule has 0 spiro atoms. The van der Waals surface area contributed by atoms with Crippen LogP contribution >= 0.6 is 0 Å². The van der Waals surface area contributed by atoms with Crippen molar-refractivity contribution in [1.82, 2.24) is 15.3 Å². The molecule has 1 amide bonds. The van der Waals surface area contributed by atoms with E-state index in [1.165, 1.54) is 0 Å². The van der Waals surface area contributed by atoms with Crippen molar-refractivity contribution in [1.29, 1.82) is 0 Å². The number of hydrogen-bond donors (Lipinski definition) is 1. The minimum absolute atomic E-state index is 0.0133. The Bertz CT molecular complexity index is 943. The number of nitrogens with zero attached hydrogens (tertiary/aromatic N) is 2. The molecule has 1 unspecified atom stereocenters. The average Bonchev–Trinajstić information content (AvgIpc) is 2.60. The molecule has 2 aromatic heterocycles. The predicted molar refractivity (Wildman–Crippen MR) is 106 cm³/mol. The Labute approximate surface area is 154 Å². The number of rotatable bonds is 3. The summed E-state index contributed by atoms with van der Waals surface area (Å²) in [5, 5.41) is 4.02. The second kappa shape index (κ2) is 6.87. The lowest BCUT2D eigenvalue weighted by Crippen LogP contribution is -2.41. The van der Waals surface area contributed by atoms with Gasteiger partial charge in [0.1, 0.15) is 0 Å². The molecule has 3 rings (SSSR count). The van der Waals surface area contributed by atoms with Crippen molar-refractivity contribution in [2.24, 2.45) is 5.41 Å². The molecule has 1 atom stereocenters. The first-order valence-corrected chi connectivity index (χ1v) is 8.88. The SMILES string of the molecule is Cc1ccc2nc(-c3cccnc3)cc(C(=O)NC(C)C(C)(C)C)c2c1. The Hall–Kier alpha value is -2.75. The summed E-state index contributed by atoms with van der Waals surface area (Å²) in [6.07, 6.45) is 3.49. The first-order valence-electron chi connectivity index (χ1n) is 8.88. The fourth-order valence-corrected chi connectivity index (χ4v) is 2.68. The van der Waals surface area contributed by atoms with Crippen LogP contribution in [0, 0.1) is 12.3 Å². The van der Waals surface area contributed by atoms with E-state index in [1.54, 1.807) is 12.4 Å². The van der Waals surface area contributed by atoms with Crippen LogP contribution in [0.5, 0.6) is 0 Å². The second-order valence-electron chi connectivity index (χ2n) is 7.88. The smallest absolute Gasteiger partial charge is 0.252 e. The fraction of sp³-hybridized carbons (Fsp3) is 0.318. The second-order valence-corrected chi connectivity index (χ2v) is 7.88. The van der Waals surface area contributed by atoms with Gasteiger partial charge in [0.15, 0.2) is 0 Å². The zero-order valence-corrected chi connectivity index (χ0v) is 16.0. The summed E-state index contributed by atoms with van der Waals surface area (Å²) in [5.41, 5.74) is 4.20. The summed E-state index contributed by atoms with van der Waals surface area (Å²) < 4.78 is 0. The number of amides is 1. The van der Waals surface area contributed by atoms with E-state index in [2.05, 4.69) is 31.1 Å². The predicted octanol–water partition coefficient (Wildman–Crippen LogP) is 4.77. The van der Waals surface area contributed by atoms with Crippen molar-refractivity contribution in [3.63, 3.8) is 0 Å². The van der Waals surface area contributed by atoms with Gasteiger partial charge in [-0.3, -0.25) is 9.78 Å². The van der Waals surface area contributed by atoms with Gasteiger partial charge in [-0.1, -0.05) is 32.4 Å². The maximum atomic E-state index is 13.1. The molecule has 0 bridgehead atoms. The van der Waals surface area contributed by atoms with Crippen LogP contribution in [0.1, 0.15) is 43.6 Å². The first kappa shape index (κ1) is 18.1. The zero-order valence-electron chi connectivity index (χ0n) is 16.0. The molecule has 0 saturated carbocycles. The number of pyridine rings is 2. The molecule has 0 radical (unpaired) electrons. The van der Waals surface area contributed by atoms with E-state index in [0.717, 1.165) is 27.7 Å². The highest BCUT2D eigenvalue weighted by Crippen LogP contribution is 2.26. The van der Waals surface area contributed by atoms with Gasteiger partial charge in [-0.2, -0.15) is 0 Å².